The Kier molecular flexibility index (Phi) is 5.39. The van der Waals surface area contributed by atoms with E-state index in [9.17, 15) is 14.4 Å². The van der Waals surface area contributed by atoms with Crippen molar-refractivity contribution in [1.29, 1.82) is 0 Å². The number of urea groups is 1. The Morgan fingerprint density at radius 1 is 1.41 bits per heavy atom. The number of amides is 4. The molecule has 3 rings (SSSR count). The van der Waals surface area contributed by atoms with E-state index in [1.165, 1.54) is 11.3 Å². The highest BCUT2D eigenvalue weighted by atomic mass is 35.5. The van der Waals surface area contributed by atoms with Gasteiger partial charge in [-0.25, -0.2) is 9.78 Å². The molecule has 1 atom stereocenters. The van der Waals surface area contributed by atoms with Crippen LogP contribution < -0.4 is 10.6 Å². The minimum Gasteiger partial charge on any atom is -0.323 e. The molecular weight excluding hydrogens is 388 g/mol. The van der Waals surface area contributed by atoms with Gasteiger partial charge in [-0.2, -0.15) is 0 Å². The van der Waals surface area contributed by atoms with Crippen molar-refractivity contribution in [1.82, 2.24) is 15.2 Å². The van der Waals surface area contributed by atoms with Crippen LogP contribution in [0.1, 0.15) is 33.6 Å². The van der Waals surface area contributed by atoms with Crippen molar-refractivity contribution >= 4 is 56.1 Å². The zero-order valence-electron chi connectivity index (χ0n) is 15.3. The van der Waals surface area contributed by atoms with E-state index < -0.39 is 17.5 Å². The van der Waals surface area contributed by atoms with Crippen LogP contribution in [0.15, 0.2) is 18.2 Å². The number of halogens is 1. The van der Waals surface area contributed by atoms with Gasteiger partial charge in [-0.3, -0.25) is 14.5 Å². The van der Waals surface area contributed by atoms with E-state index in [1.54, 1.807) is 25.1 Å². The first-order valence-electron chi connectivity index (χ1n) is 8.68. The maximum absolute atomic E-state index is 12.7. The number of nitrogens with one attached hydrogen (secondary N) is 2. The number of carbonyl (C=O) groups is 3. The average Bonchev–Trinajstić information content (AvgIpc) is 3.06. The van der Waals surface area contributed by atoms with Gasteiger partial charge >= 0.3 is 6.03 Å². The van der Waals surface area contributed by atoms with Crippen molar-refractivity contribution in [3.63, 3.8) is 0 Å². The Labute approximate surface area is 166 Å². The molecule has 0 aliphatic carbocycles. The second-order valence-electron chi connectivity index (χ2n) is 7.27. The lowest BCUT2D eigenvalue weighted by Crippen LogP contribution is -2.44. The highest BCUT2D eigenvalue weighted by Gasteiger charge is 2.47. The van der Waals surface area contributed by atoms with E-state index in [4.69, 9.17) is 11.6 Å². The van der Waals surface area contributed by atoms with E-state index in [1.807, 2.05) is 0 Å². The minimum atomic E-state index is -0.964. The van der Waals surface area contributed by atoms with E-state index in [-0.39, 0.29) is 12.5 Å². The lowest BCUT2D eigenvalue weighted by atomic mass is 9.92. The lowest BCUT2D eigenvalue weighted by molar-refractivity contribution is -0.133. The van der Waals surface area contributed by atoms with Crippen molar-refractivity contribution < 1.29 is 14.4 Å². The second kappa shape index (κ2) is 7.44. The summed E-state index contributed by atoms with van der Waals surface area (Å²) in [5, 5.41) is 6.34. The van der Waals surface area contributed by atoms with E-state index in [2.05, 4.69) is 29.5 Å². The Bertz CT molecular complexity index is 913. The zero-order valence-corrected chi connectivity index (χ0v) is 16.9. The standard InChI is InChI=1S/C18H21ClN4O3S/c1-10(2)6-7-18(3)15(25)23(17(26)22-18)9-14(24)21-16-20-12-5-4-11(19)8-13(12)27-16/h4-5,8,10H,6-7,9H2,1-3H3,(H,22,26)(H,20,21,24)/t18-/m1/s1. The average molecular weight is 409 g/mol. The van der Waals surface area contributed by atoms with Crippen molar-refractivity contribution in [3.05, 3.63) is 23.2 Å². The summed E-state index contributed by atoms with van der Waals surface area (Å²) in [6.45, 7) is 5.46. The van der Waals surface area contributed by atoms with Gasteiger partial charge in [-0.1, -0.05) is 36.8 Å². The summed E-state index contributed by atoms with van der Waals surface area (Å²) in [6, 6.07) is 4.71. The summed E-state index contributed by atoms with van der Waals surface area (Å²) in [7, 11) is 0. The van der Waals surface area contributed by atoms with Crippen LogP contribution in [0.5, 0.6) is 0 Å². The number of nitrogens with zero attached hydrogens (tertiary/aromatic N) is 2. The van der Waals surface area contributed by atoms with Crippen LogP contribution in [0.3, 0.4) is 0 Å². The molecule has 1 aliphatic heterocycles. The van der Waals surface area contributed by atoms with Gasteiger partial charge in [0.05, 0.1) is 10.2 Å². The van der Waals surface area contributed by atoms with Gasteiger partial charge < -0.3 is 10.6 Å². The van der Waals surface area contributed by atoms with E-state index in [0.717, 1.165) is 21.5 Å². The van der Waals surface area contributed by atoms with Crippen LogP contribution in [0, 0.1) is 5.92 Å². The third-order valence-electron chi connectivity index (χ3n) is 4.47. The zero-order chi connectivity index (χ0) is 19.8. The van der Waals surface area contributed by atoms with E-state index >= 15 is 0 Å². The molecule has 2 heterocycles. The summed E-state index contributed by atoms with van der Waals surface area (Å²) in [5.74, 6) is -0.437. The monoisotopic (exact) mass is 408 g/mol. The number of thiazole rings is 1. The lowest BCUT2D eigenvalue weighted by Gasteiger charge is -2.22. The summed E-state index contributed by atoms with van der Waals surface area (Å²) in [5.41, 5.74) is -0.246. The highest BCUT2D eigenvalue weighted by Crippen LogP contribution is 2.29. The molecule has 144 valence electrons. The van der Waals surface area contributed by atoms with Crippen LogP contribution in [-0.2, 0) is 9.59 Å². The molecule has 7 nitrogen and oxygen atoms in total. The number of carbonyl (C=O) groups excluding carboxylic acids is 3. The smallest absolute Gasteiger partial charge is 0.323 e. The number of fused-ring (bicyclic) bond motifs is 1. The van der Waals surface area contributed by atoms with Crippen molar-refractivity contribution in [2.45, 2.75) is 39.2 Å². The van der Waals surface area contributed by atoms with Crippen LogP contribution in [0.4, 0.5) is 9.93 Å². The van der Waals surface area contributed by atoms with Gasteiger partial charge in [0, 0.05) is 5.02 Å². The number of aromatic nitrogens is 1. The predicted octanol–water partition coefficient (Wildman–Crippen LogP) is 3.63. The van der Waals surface area contributed by atoms with E-state index in [0.29, 0.717) is 22.5 Å². The predicted molar refractivity (Wildman–Crippen MR) is 106 cm³/mol. The number of benzene rings is 1. The van der Waals surface area contributed by atoms with Crippen LogP contribution in [0.2, 0.25) is 5.02 Å². The van der Waals surface area contributed by atoms with Gasteiger partial charge in [0.1, 0.15) is 12.1 Å². The van der Waals surface area contributed by atoms with Gasteiger partial charge in [-0.05, 0) is 43.9 Å². The van der Waals surface area contributed by atoms with Crippen molar-refractivity contribution in [2.75, 3.05) is 11.9 Å². The molecule has 1 fully saturated rings. The minimum absolute atomic E-state index is 0.349. The molecule has 0 bridgehead atoms. The third kappa shape index (κ3) is 4.22. The summed E-state index contributed by atoms with van der Waals surface area (Å²) in [4.78, 5) is 42.5. The SMILES string of the molecule is CC(C)CC[C@@]1(C)NC(=O)N(CC(=O)Nc2nc3ccc(Cl)cc3s2)C1=O. The fourth-order valence-corrected chi connectivity index (χ4v) is 4.05. The molecule has 27 heavy (non-hydrogen) atoms. The van der Waals surface area contributed by atoms with Crippen LogP contribution >= 0.6 is 22.9 Å². The first kappa shape index (κ1) is 19.6. The Hall–Kier alpha value is -2.19. The summed E-state index contributed by atoms with van der Waals surface area (Å²) >= 11 is 7.23. The Morgan fingerprint density at radius 2 is 2.15 bits per heavy atom. The molecule has 0 spiro atoms. The van der Waals surface area contributed by atoms with Crippen molar-refractivity contribution in [2.24, 2.45) is 5.92 Å². The molecule has 4 amide bonds. The van der Waals surface area contributed by atoms with Gasteiger partial charge in [0.2, 0.25) is 5.91 Å². The van der Waals surface area contributed by atoms with Crippen LogP contribution in [0.25, 0.3) is 10.2 Å². The molecule has 2 N–H and O–H groups in total. The quantitative estimate of drug-likeness (QED) is 0.714. The molecule has 2 aromatic rings. The largest absolute Gasteiger partial charge is 0.325 e. The molecule has 1 saturated heterocycles. The fraction of sp³-hybridized carbons (Fsp3) is 0.444. The first-order valence-corrected chi connectivity index (χ1v) is 9.87. The summed E-state index contributed by atoms with van der Waals surface area (Å²) in [6.07, 6.45) is 1.34. The Morgan fingerprint density at radius 3 is 2.85 bits per heavy atom. The number of anilines is 1. The highest BCUT2D eigenvalue weighted by molar-refractivity contribution is 7.22. The molecule has 0 radical (unpaired) electrons. The normalized spacial score (nSPS) is 19.8. The molecule has 1 aromatic heterocycles. The second-order valence-corrected chi connectivity index (χ2v) is 8.73. The maximum atomic E-state index is 12.7. The maximum Gasteiger partial charge on any atom is 0.325 e. The molecule has 9 heteroatoms. The first-order chi connectivity index (χ1) is 12.7. The third-order valence-corrected chi connectivity index (χ3v) is 5.63. The fourth-order valence-electron chi connectivity index (χ4n) is 2.89. The van der Waals surface area contributed by atoms with Gasteiger partial charge in [-0.15, -0.1) is 0 Å². The number of hydrogen-bond donors (Lipinski definition) is 2. The number of rotatable bonds is 6. The number of hydrogen-bond acceptors (Lipinski definition) is 5. The van der Waals surface area contributed by atoms with Crippen molar-refractivity contribution in [3.8, 4) is 0 Å². The molecule has 1 aromatic carbocycles. The number of imide groups is 1. The summed E-state index contributed by atoms with van der Waals surface area (Å²) < 4.78 is 0.842. The molecule has 0 saturated carbocycles. The van der Waals surface area contributed by atoms with Gasteiger partial charge in [0.15, 0.2) is 5.13 Å². The molecular formula is C18H21ClN4O3S. The topological polar surface area (TPSA) is 91.4 Å². The van der Waals surface area contributed by atoms with Gasteiger partial charge in [0.25, 0.3) is 5.91 Å². The van der Waals surface area contributed by atoms with Crippen LogP contribution in [-0.4, -0.2) is 39.8 Å². The molecule has 0 unspecified atom stereocenters. The Balaban J connectivity index is 1.66. The molecule has 1 aliphatic rings.